The molecule has 0 aliphatic heterocycles. The number of hydrogen-bond donors (Lipinski definition) is 0. The van der Waals surface area contributed by atoms with Crippen LogP contribution in [0.25, 0.3) is 0 Å². The van der Waals surface area contributed by atoms with E-state index in [1.54, 1.807) is 0 Å². The average molecular weight is 938 g/mol. The highest BCUT2D eigenvalue weighted by molar-refractivity contribution is 5.71. The van der Waals surface area contributed by atoms with Crippen LogP contribution in [-0.2, 0) is 28.6 Å². The number of carbonyl (C=O) groups excluding carboxylic acids is 3. The van der Waals surface area contributed by atoms with E-state index in [9.17, 15) is 14.4 Å². The summed E-state index contributed by atoms with van der Waals surface area (Å²) >= 11 is 0. The molecule has 0 aromatic heterocycles. The van der Waals surface area contributed by atoms with E-state index >= 15 is 0 Å². The molecule has 0 fully saturated rings. The predicted octanol–water partition coefficient (Wildman–Crippen LogP) is 19.2. The molecule has 0 rings (SSSR count). The molecule has 6 heteroatoms. The number of ether oxygens (including phenoxy) is 3. The molecule has 0 heterocycles. The molecule has 388 valence electrons. The van der Waals surface area contributed by atoms with Gasteiger partial charge in [-0.05, 0) is 96.3 Å². The molecule has 0 radical (unpaired) electrons. The van der Waals surface area contributed by atoms with Gasteiger partial charge in [-0.25, -0.2) is 0 Å². The van der Waals surface area contributed by atoms with Crippen LogP contribution in [0, 0.1) is 0 Å². The fourth-order valence-electron chi connectivity index (χ4n) is 8.17. The second kappa shape index (κ2) is 55.7. The van der Waals surface area contributed by atoms with Crippen molar-refractivity contribution < 1.29 is 28.6 Å². The molecule has 0 amide bonds. The van der Waals surface area contributed by atoms with Gasteiger partial charge in [-0.2, -0.15) is 0 Å². The Bertz CT molecular complexity index is 1210. The lowest BCUT2D eigenvalue weighted by Gasteiger charge is -2.18. The summed E-state index contributed by atoms with van der Waals surface area (Å²) in [4.78, 5) is 38.1. The first kappa shape index (κ1) is 64.1. The van der Waals surface area contributed by atoms with E-state index in [0.29, 0.717) is 19.3 Å². The SMILES string of the molecule is CC/C=C\C/C=C\CCCCCCCCCC(=O)OCC(COC(=O)CCCCCCCCC/C=C\CCCCCCCCCC)OC(=O)CCCCC/C=C\C=C/CCCCCCCCC. The lowest BCUT2D eigenvalue weighted by Crippen LogP contribution is -2.30. The zero-order chi connectivity index (χ0) is 48.6. The highest BCUT2D eigenvalue weighted by atomic mass is 16.6. The second-order valence-corrected chi connectivity index (χ2v) is 19.2. The third-order valence-electron chi connectivity index (χ3n) is 12.5. The number of hydrogen-bond acceptors (Lipinski definition) is 6. The molecule has 0 N–H and O–H groups in total. The largest absolute Gasteiger partial charge is 0.462 e. The average Bonchev–Trinajstić information content (AvgIpc) is 3.33. The minimum Gasteiger partial charge on any atom is -0.462 e. The van der Waals surface area contributed by atoms with Crippen molar-refractivity contribution in [1.82, 2.24) is 0 Å². The minimum atomic E-state index is -0.793. The van der Waals surface area contributed by atoms with Gasteiger partial charge in [-0.15, -0.1) is 0 Å². The molecule has 1 unspecified atom stereocenters. The summed E-state index contributed by atoms with van der Waals surface area (Å²) in [6, 6.07) is 0. The van der Waals surface area contributed by atoms with Gasteiger partial charge >= 0.3 is 17.9 Å². The molecule has 0 aliphatic carbocycles. The summed E-state index contributed by atoms with van der Waals surface area (Å²) < 4.78 is 16.8. The van der Waals surface area contributed by atoms with Crippen LogP contribution in [0.1, 0.15) is 290 Å². The minimum absolute atomic E-state index is 0.0889. The van der Waals surface area contributed by atoms with Crippen molar-refractivity contribution in [2.24, 2.45) is 0 Å². The van der Waals surface area contributed by atoms with Gasteiger partial charge in [0.1, 0.15) is 13.2 Å². The maximum absolute atomic E-state index is 12.8. The Balaban J connectivity index is 4.40. The maximum Gasteiger partial charge on any atom is 0.306 e. The fraction of sp³-hybridized carbons (Fsp3) is 0.787. The van der Waals surface area contributed by atoms with Crippen LogP contribution in [0.3, 0.4) is 0 Å². The van der Waals surface area contributed by atoms with Gasteiger partial charge in [-0.1, -0.05) is 236 Å². The van der Waals surface area contributed by atoms with Crippen LogP contribution in [-0.4, -0.2) is 37.2 Å². The molecule has 6 nitrogen and oxygen atoms in total. The Labute approximate surface area is 415 Å². The maximum atomic E-state index is 12.8. The quantitative estimate of drug-likeness (QED) is 0.0199. The molecule has 0 aliphatic rings. The summed E-state index contributed by atoms with van der Waals surface area (Å²) in [5, 5.41) is 0. The van der Waals surface area contributed by atoms with Crippen LogP contribution < -0.4 is 0 Å². The zero-order valence-electron chi connectivity index (χ0n) is 44.4. The zero-order valence-corrected chi connectivity index (χ0v) is 44.4. The van der Waals surface area contributed by atoms with E-state index in [0.717, 1.165) is 89.9 Å². The van der Waals surface area contributed by atoms with Crippen molar-refractivity contribution in [2.45, 2.75) is 297 Å². The summed E-state index contributed by atoms with van der Waals surface area (Å²) in [6.07, 6.45) is 69.3. The predicted molar refractivity (Wildman–Crippen MR) is 288 cm³/mol. The van der Waals surface area contributed by atoms with Gasteiger partial charge in [0, 0.05) is 19.3 Å². The van der Waals surface area contributed by atoms with Crippen molar-refractivity contribution in [3.8, 4) is 0 Å². The van der Waals surface area contributed by atoms with Gasteiger partial charge in [0.15, 0.2) is 6.10 Å². The fourth-order valence-corrected chi connectivity index (χ4v) is 8.17. The Morgan fingerprint density at radius 1 is 0.328 bits per heavy atom. The number of esters is 3. The van der Waals surface area contributed by atoms with E-state index in [4.69, 9.17) is 14.2 Å². The molecule has 0 spiro atoms. The molecule has 1 atom stereocenters. The van der Waals surface area contributed by atoms with Crippen LogP contribution in [0.2, 0.25) is 0 Å². The monoisotopic (exact) mass is 937 g/mol. The highest BCUT2D eigenvalue weighted by Crippen LogP contribution is 2.15. The van der Waals surface area contributed by atoms with E-state index < -0.39 is 6.10 Å². The van der Waals surface area contributed by atoms with Crippen molar-refractivity contribution in [3.05, 3.63) is 60.8 Å². The Kier molecular flexibility index (Phi) is 53.3. The molecule has 0 aromatic carbocycles. The van der Waals surface area contributed by atoms with Crippen molar-refractivity contribution in [3.63, 3.8) is 0 Å². The van der Waals surface area contributed by atoms with Gasteiger partial charge < -0.3 is 14.2 Å². The second-order valence-electron chi connectivity index (χ2n) is 19.2. The lowest BCUT2D eigenvalue weighted by molar-refractivity contribution is -0.167. The number of allylic oxidation sites excluding steroid dienone is 10. The molecule has 0 bridgehead atoms. The summed E-state index contributed by atoms with van der Waals surface area (Å²) in [6.45, 7) is 6.52. The summed E-state index contributed by atoms with van der Waals surface area (Å²) in [5.41, 5.74) is 0. The third kappa shape index (κ3) is 53.9. The molecular formula is C61H108O6. The van der Waals surface area contributed by atoms with Crippen LogP contribution in [0.4, 0.5) is 0 Å². The van der Waals surface area contributed by atoms with Crippen molar-refractivity contribution in [2.75, 3.05) is 13.2 Å². The molecule has 0 saturated heterocycles. The first-order valence-corrected chi connectivity index (χ1v) is 28.8. The van der Waals surface area contributed by atoms with E-state index in [2.05, 4.69) is 81.5 Å². The lowest BCUT2D eigenvalue weighted by atomic mass is 10.1. The Hall–Kier alpha value is -2.89. The summed E-state index contributed by atoms with van der Waals surface area (Å²) in [5.74, 6) is -0.918. The highest BCUT2D eigenvalue weighted by Gasteiger charge is 2.19. The number of unbranched alkanes of at least 4 members (excludes halogenated alkanes) is 32. The third-order valence-corrected chi connectivity index (χ3v) is 12.5. The number of carbonyl (C=O) groups is 3. The van der Waals surface area contributed by atoms with Crippen LogP contribution in [0.5, 0.6) is 0 Å². The van der Waals surface area contributed by atoms with Crippen LogP contribution >= 0.6 is 0 Å². The van der Waals surface area contributed by atoms with E-state index in [-0.39, 0.29) is 31.1 Å². The summed E-state index contributed by atoms with van der Waals surface area (Å²) in [7, 11) is 0. The number of rotatable bonds is 52. The Morgan fingerprint density at radius 3 is 1.01 bits per heavy atom. The molecule has 67 heavy (non-hydrogen) atoms. The molecular weight excluding hydrogens is 829 g/mol. The first-order chi connectivity index (χ1) is 33.0. The normalized spacial score (nSPS) is 12.5. The first-order valence-electron chi connectivity index (χ1n) is 28.8. The molecule has 0 aromatic rings. The van der Waals surface area contributed by atoms with Crippen molar-refractivity contribution >= 4 is 17.9 Å². The standard InChI is InChI=1S/C61H108O6/c1-4-7-10-13-16-19-22-25-28-30-31-32-34-36-39-42-45-48-51-54-60(63)66-57-58(56-65-59(62)53-50-47-44-41-38-35-27-24-21-18-15-12-9-6-3)67-61(64)55-52-49-46-43-40-37-33-29-26-23-20-17-14-11-8-5-2/h9,12,18,21,29-31,33,37,40,58H,4-8,10-11,13-17,19-20,22-28,32,34-36,38-39,41-57H2,1-3H3/b12-9-,21-18-,31-30-,33-29-,40-37-. The molecule has 0 saturated carbocycles. The van der Waals surface area contributed by atoms with Gasteiger partial charge in [0.05, 0.1) is 0 Å². The van der Waals surface area contributed by atoms with Crippen molar-refractivity contribution in [1.29, 1.82) is 0 Å². The van der Waals surface area contributed by atoms with E-state index in [1.807, 2.05) is 0 Å². The smallest absolute Gasteiger partial charge is 0.306 e. The van der Waals surface area contributed by atoms with Gasteiger partial charge in [0.25, 0.3) is 0 Å². The van der Waals surface area contributed by atoms with Gasteiger partial charge in [-0.3, -0.25) is 14.4 Å². The topological polar surface area (TPSA) is 78.9 Å². The van der Waals surface area contributed by atoms with Gasteiger partial charge in [0.2, 0.25) is 0 Å². The van der Waals surface area contributed by atoms with E-state index in [1.165, 1.54) is 161 Å². The van der Waals surface area contributed by atoms with Crippen LogP contribution in [0.15, 0.2) is 60.8 Å². The Morgan fingerprint density at radius 2 is 0.627 bits per heavy atom.